The molecular formula is C12H14ClFO. The van der Waals surface area contributed by atoms with E-state index in [1.54, 1.807) is 12.1 Å². The third kappa shape index (κ3) is 3.31. The first kappa shape index (κ1) is 12.2. The molecule has 0 N–H and O–H groups in total. The number of benzene rings is 1. The minimum Gasteiger partial charge on any atom is -0.299 e. The highest BCUT2D eigenvalue weighted by Gasteiger charge is 2.10. The van der Waals surface area contributed by atoms with Crippen molar-refractivity contribution in [3.05, 3.63) is 34.6 Å². The Bertz CT molecular complexity index is 361. The van der Waals surface area contributed by atoms with E-state index >= 15 is 0 Å². The molecule has 1 aromatic rings. The minimum atomic E-state index is -0.407. The summed E-state index contributed by atoms with van der Waals surface area (Å²) < 4.78 is 13.4. The van der Waals surface area contributed by atoms with Gasteiger partial charge in [-0.3, -0.25) is 4.79 Å². The molecule has 82 valence electrons. The Morgan fingerprint density at radius 2 is 2.13 bits per heavy atom. The second-order valence-electron chi connectivity index (χ2n) is 3.83. The van der Waals surface area contributed by atoms with Crippen LogP contribution in [0.4, 0.5) is 4.39 Å². The first-order valence-corrected chi connectivity index (χ1v) is 5.35. The van der Waals surface area contributed by atoms with Crippen LogP contribution in [-0.4, -0.2) is 5.78 Å². The van der Waals surface area contributed by atoms with Crippen LogP contribution in [0.1, 0.15) is 25.8 Å². The zero-order chi connectivity index (χ0) is 11.4. The molecule has 0 bridgehead atoms. The zero-order valence-electron chi connectivity index (χ0n) is 8.89. The average Bonchev–Trinajstić information content (AvgIpc) is 2.19. The molecule has 15 heavy (non-hydrogen) atoms. The van der Waals surface area contributed by atoms with Crippen LogP contribution >= 0.6 is 11.6 Å². The van der Waals surface area contributed by atoms with Crippen molar-refractivity contribution < 1.29 is 9.18 Å². The van der Waals surface area contributed by atoms with Crippen molar-refractivity contribution in [1.29, 1.82) is 0 Å². The molecule has 3 heteroatoms. The first-order chi connectivity index (χ1) is 7.02. The summed E-state index contributed by atoms with van der Waals surface area (Å²) in [6, 6.07) is 4.86. The summed E-state index contributed by atoms with van der Waals surface area (Å²) in [5, 5.41) is 0.115. The lowest BCUT2D eigenvalue weighted by molar-refractivity contribution is -0.121. The van der Waals surface area contributed by atoms with Gasteiger partial charge in [0, 0.05) is 12.3 Å². The van der Waals surface area contributed by atoms with Crippen LogP contribution in [0.5, 0.6) is 0 Å². The van der Waals surface area contributed by atoms with Gasteiger partial charge in [-0.15, -0.1) is 0 Å². The summed E-state index contributed by atoms with van der Waals surface area (Å²) in [5.74, 6) is -0.252. The average molecular weight is 229 g/mol. The summed E-state index contributed by atoms with van der Waals surface area (Å²) in [4.78, 5) is 11.4. The topological polar surface area (TPSA) is 17.1 Å². The van der Waals surface area contributed by atoms with Crippen LogP contribution in [0.15, 0.2) is 18.2 Å². The Morgan fingerprint density at radius 3 is 2.73 bits per heavy atom. The number of carbonyl (C=O) groups is 1. The Labute approximate surface area is 94.3 Å². The van der Waals surface area contributed by atoms with E-state index in [9.17, 15) is 9.18 Å². The monoisotopic (exact) mass is 228 g/mol. The second-order valence-corrected chi connectivity index (χ2v) is 4.24. The molecule has 0 spiro atoms. The van der Waals surface area contributed by atoms with Crippen molar-refractivity contribution in [2.75, 3.05) is 0 Å². The summed E-state index contributed by atoms with van der Waals surface area (Å²) in [6.07, 6.45) is 0.790. The Balaban J connectivity index is 2.66. The quantitative estimate of drug-likeness (QED) is 0.769. The lowest BCUT2D eigenvalue weighted by atomic mass is 10.0. The molecular weight excluding hydrogens is 215 g/mol. The third-order valence-corrected chi connectivity index (χ3v) is 2.61. The van der Waals surface area contributed by atoms with Crippen LogP contribution in [0.2, 0.25) is 5.02 Å². The Hall–Kier alpha value is -0.890. The molecule has 0 atom stereocenters. The van der Waals surface area contributed by atoms with Crippen LogP contribution in [-0.2, 0) is 11.2 Å². The highest BCUT2D eigenvalue weighted by atomic mass is 35.5. The number of rotatable bonds is 4. The molecule has 0 aromatic heterocycles. The smallest absolute Gasteiger partial charge is 0.144 e. The number of hydrogen-bond donors (Lipinski definition) is 0. The van der Waals surface area contributed by atoms with Gasteiger partial charge in [0.15, 0.2) is 0 Å². The zero-order valence-corrected chi connectivity index (χ0v) is 9.64. The number of carbonyl (C=O) groups excluding carboxylic acids is 1. The number of aryl methyl sites for hydroxylation is 1. The van der Waals surface area contributed by atoms with E-state index < -0.39 is 5.82 Å². The molecule has 1 aromatic carbocycles. The summed E-state index contributed by atoms with van der Waals surface area (Å²) in [6.45, 7) is 3.69. The molecule has 0 saturated carbocycles. The van der Waals surface area contributed by atoms with Gasteiger partial charge in [-0.05, 0) is 18.1 Å². The minimum absolute atomic E-state index is 0.00671. The molecule has 0 radical (unpaired) electrons. The van der Waals surface area contributed by atoms with Gasteiger partial charge in [0.25, 0.3) is 0 Å². The lowest BCUT2D eigenvalue weighted by Crippen LogP contribution is -2.08. The van der Waals surface area contributed by atoms with Gasteiger partial charge >= 0.3 is 0 Å². The van der Waals surface area contributed by atoms with Crippen LogP contribution in [0.3, 0.4) is 0 Å². The highest BCUT2D eigenvalue weighted by Crippen LogP contribution is 2.19. The number of halogens is 2. The summed E-state index contributed by atoms with van der Waals surface area (Å²) in [5.41, 5.74) is 0.511. The molecule has 0 heterocycles. The van der Waals surface area contributed by atoms with E-state index in [0.29, 0.717) is 18.4 Å². The molecule has 0 fully saturated rings. The molecule has 0 aliphatic heterocycles. The maximum Gasteiger partial charge on any atom is 0.144 e. The van der Waals surface area contributed by atoms with Crippen molar-refractivity contribution in [3.63, 3.8) is 0 Å². The maximum absolute atomic E-state index is 13.4. The van der Waals surface area contributed by atoms with Gasteiger partial charge in [0.2, 0.25) is 0 Å². The fourth-order valence-corrected chi connectivity index (χ4v) is 1.48. The molecule has 0 saturated heterocycles. The fraction of sp³-hybridized carbons (Fsp3) is 0.417. The Kier molecular flexibility index (Phi) is 4.28. The predicted molar refractivity (Wildman–Crippen MR) is 59.6 cm³/mol. The predicted octanol–water partition coefficient (Wildman–Crippen LogP) is 3.64. The maximum atomic E-state index is 13.4. The largest absolute Gasteiger partial charge is 0.299 e. The van der Waals surface area contributed by atoms with Crippen molar-refractivity contribution in [1.82, 2.24) is 0 Å². The van der Waals surface area contributed by atoms with Crippen LogP contribution < -0.4 is 0 Å². The van der Waals surface area contributed by atoms with E-state index in [2.05, 4.69) is 0 Å². The molecule has 0 aliphatic rings. The molecule has 1 rings (SSSR count). The van der Waals surface area contributed by atoms with E-state index in [-0.39, 0.29) is 16.7 Å². The number of hydrogen-bond acceptors (Lipinski definition) is 1. The van der Waals surface area contributed by atoms with E-state index in [4.69, 9.17) is 11.6 Å². The first-order valence-electron chi connectivity index (χ1n) is 4.98. The van der Waals surface area contributed by atoms with Gasteiger partial charge < -0.3 is 0 Å². The van der Waals surface area contributed by atoms with Gasteiger partial charge in [-0.2, -0.15) is 0 Å². The van der Waals surface area contributed by atoms with Crippen molar-refractivity contribution in [2.45, 2.75) is 26.7 Å². The van der Waals surface area contributed by atoms with Gasteiger partial charge in [0.05, 0.1) is 5.02 Å². The number of Topliss-reactive ketones (excluding diaryl/α,β-unsaturated/α-hetero) is 1. The van der Waals surface area contributed by atoms with E-state index in [0.717, 1.165) is 0 Å². The van der Waals surface area contributed by atoms with E-state index in [1.165, 1.54) is 6.07 Å². The fourth-order valence-electron chi connectivity index (χ4n) is 1.29. The lowest BCUT2D eigenvalue weighted by Gasteiger charge is -2.05. The summed E-state index contributed by atoms with van der Waals surface area (Å²) in [7, 11) is 0. The SMILES string of the molecule is CC(C)C(=O)CCc1cccc(Cl)c1F. The van der Waals surface area contributed by atoms with Crippen molar-refractivity contribution in [3.8, 4) is 0 Å². The number of ketones is 1. The van der Waals surface area contributed by atoms with Gasteiger partial charge in [-0.25, -0.2) is 4.39 Å². The van der Waals surface area contributed by atoms with Crippen molar-refractivity contribution in [2.24, 2.45) is 5.92 Å². The normalized spacial score (nSPS) is 10.7. The standard InChI is InChI=1S/C12H14ClFO/c1-8(2)11(15)7-6-9-4-3-5-10(13)12(9)14/h3-5,8H,6-7H2,1-2H3. The molecule has 1 nitrogen and oxygen atoms in total. The second kappa shape index (κ2) is 5.26. The van der Waals surface area contributed by atoms with Gasteiger partial charge in [-0.1, -0.05) is 37.6 Å². The van der Waals surface area contributed by atoms with Crippen LogP contribution in [0.25, 0.3) is 0 Å². The molecule has 0 aliphatic carbocycles. The van der Waals surface area contributed by atoms with Crippen LogP contribution in [0, 0.1) is 11.7 Å². The Morgan fingerprint density at radius 1 is 1.47 bits per heavy atom. The van der Waals surface area contributed by atoms with Crippen molar-refractivity contribution >= 4 is 17.4 Å². The summed E-state index contributed by atoms with van der Waals surface area (Å²) >= 11 is 5.63. The molecule has 0 amide bonds. The van der Waals surface area contributed by atoms with E-state index in [1.807, 2.05) is 13.8 Å². The molecule has 0 unspecified atom stereocenters. The van der Waals surface area contributed by atoms with Gasteiger partial charge in [0.1, 0.15) is 11.6 Å². The third-order valence-electron chi connectivity index (χ3n) is 2.32. The highest BCUT2D eigenvalue weighted by molar-refractivity contribution is 6.30.